The van der Waals surface area contributed by atoms with Crippen molar-refractivity contribution >= 4 is 5.91 Å². The zero-order valence-corrected chi connectivity index (χ0v) is 15.5. The summed E-state index contributed by atoms with van der Waals surface area (Å²) in [5.74, 6) is 1.47. The lowest BCUT2D eigenvalue weighted by atomic mass is 9.95. The number of hydrogen-bond acceptors (Lipinski definition) is 4. The number of hydrogen-bond donors (Lipinski definition) is 0. The van der Waals surface area contributed by atoms with Gasteiger partial charge in [0.15, 0.2) is 0 Å². The highest BCUT2D eigenvalue weighted by Gasteiger charge is 2.27. The van der Waals surface area contributed by atoms with Gasteiger partial charge in [0.2, 0.25) is 0 Å². The summed E-state index contributed by atoms with van der Waals surface area (Å²) in [7, 11) is 0. The third-order valence-electron chi connectivity index (χ3n) is 5.14. The molecule has 0 atom stereocenters. The molecule has 0 aliphatic carbocycles. The van der Waals surface area contributed by atoms with Crippen molar-refractivity contribution in [1.82, 2.24) is 29.2 Å². The summed E-state index contributed by atoms with van der Waals surface area (Å²) in [6.45, 7) is 4.98. The Morgan fingerprint density at radius 2 is 1.96 bits per heavy atom. The predicted octanol–water partition coefficient (Wildman–Crippen LogP) is 2.56. The fraction of sp³-hybridized carbons (Fsp3) is 0.400. The number of amides is 1. The molecule has 3 aromatic heterocycles. The molecule has 1 fully saturated rings. The van der Waals surface area contributed by atoms with E-state index in [0.29, 0.717) is 11.6 Å². The van der Waals surface area contributed by atoms with Crippen LogP contribution in [0.5, 0.6) is 0 Å². The lowest BCUT2D eigenvalue weighted by molar-refractivity contribution is 0.0703. The molecule has 140 valence electrons. The first-order valence-electron chi connectivity index (χ1n) is 9.48. The topological polar surface area (TPSA) is 68.8 Å². The van der Waals surface area contributed by atoms with Crippen molar-refractivity contribution in [3.63, 3.8) is 0 Å². The van der Waals surface area contributed by atoms with Crippen molar-refractivity contribution in [2.75, 3.05) is 13.1 Å². The van der Waals surface area contributed by atoms with Gasteiger partial charge in [-0.25, -0.2) is 4.98 Å². The Hall–Kier alpha value is -2.96. The molecule has 3 aromatic rings. The fourth-order valence-electron chi connectivity index (χ4n) is 3.64. The molecule has 0 bridgehead atoms. The van der Waals surface area contributed by atoms with Crippen molar-refractivity contribution in [3.8, 4) is 0 Å². The molecular formula is C20H24N6O. The normalized spacial score (nSPS) is 15.2. The van der Waals surface area contributed by atoms with Crippen LogP contribution in [0.1, 0.15) is 47.7 Å². The smallest absolute Gasteiger partial charge is 0.274 e. The van der Waals surface area contributed by atoms with E-state index in [1.165, 1.54) is 0 Å². The van der Waals surface area contributed by atoms with Gasteiger partial charge in [0, 0.05) is 50.3 Å². The number of aromatic nitrogens is 5. The number of piperidine rings is 1. The number of imidazole rings is 1. The molecule has 0 unspecified atom stereocenters. The standard InChI is InChI=1S/C20H24N6O/c1-2-26-13-8-18(23-26)20(27)24-11-6-16(7-12-24)19-22-10-14-25(19)15-17-5-3-4-9-21-17/h3-5,8-10,13-14,16H,2,6-7,11-12,15H2,1H3. The van der Waals surface area contributed by atoms with E-state index in [9.17, 15) is 4.79 Å². The van der Waals surface area contributed by atoms with Crippen molar-refractivity contribution < 1.29 is 4.79 Å². The van der Waals surface area contributed by atoms with Crippen LogP contribution in [0.2, 0.25) is 0 Å². The van der Waals surface area contributed by atoms with Gasteiger partial charge in [0.25, 0.3) is 5.91 Å². The van der Waals surface area contributed by atoms with E-state index in [-0.39, 0.29) is 5.91 Å². The third-order valence-corrected chi connectivity index (χ3v) is 5.14. The largest absolute Gasteiger partial charge is 0.337 e. The Morgan fingerprint density at radius 3 is 2.67 bits per heavy atom. The van der Waals surface area contributed by atoms with E-state index < -0.39 is 0 Å². The predicted molar refractivity (Wildman–Crippen MR) is 101 cm³/mol. The Bertz CT molecular complexity index is 892. The Kier molecular flexibility index (Phi) is 5.00. The van der Waals surface area contributed by atoms with Crippen molar-refractivity contribution in [1.29, 1.82) is 0 Å². The maximum Gasteiger partial charge on any atom is 0.274 e. The Balaban J connectivity index is 1.40. The molecule has 0 aromatic carbocycles. The third kappa shape index (κ3) is 3.77. The minimum absolute atomic E-state index is 0.0254. The highest BCUT2D eigenvalue weighted by molar-refractivity contribution is 5.92. The van der Waals surface area contributed by atoms with Crippen LogP contribution in [-0.4, -0.2) is 48.2 Å². The Labute approximate surface area is 158 Å². The molecule has 4 rings (SSSR count). The average molecular weight is 364 g/mol. The maximum atomic E-state index is 12.7. The van der Waals surface area contributed by atoms with Crippen LogP contribution in [0.4, 0.5) is 0 Å². The van der Waals surface area contributed by atoms with Crippen molar-refractivity contribution in [2.24, 2.45) is 0 Å². The van der Waals surface area contributed by atoms with Gasteiger partial charge in [-0.15, -0.1) is 0 Å². The minimum atomic E-state index is 0.0254. The van der Waals surface area contributed by atoms with Crippen LogP contribution in [0.15, 0.2) is 49.1 Å². The van der Waals surface area contributed by atoms with Crippen LogP contribution in [0, 0.1) is 0 Å². The maximum absolute atomic E-state index is 12.7. The molecule has 0 radical (unpaired) electrons. The van der Waals surface area contributed by atoms with E-state index in [1.807, 2.05) is 54.8 Å². The lowest BCUT2D eigenvalue weighted by Gasteiger charge is -2.31. The SMILES string of the molecule is CCn1ccc(C(=O)N2CCC(c3nccn3Cc3ccccn3)CC2)n1. The number of carbonyl (C=O) groups is 1. The van der Waals surface area contributed by atoms with Crippen LogP contribution in [0.25, 0.3) is 0 Å². The molecular weight excluding hydrogens is 340 g/mol. The van der Waals surface area contributed by atoms with E-state index in [1.54, 1.807) is 10.7 Å². The van der Waals surface area contributed by atoms with Gasteiger partial charge in [0.1, 0.15) is 11.5 Å². The molecule has 1 saturated heterocycles. The van der Waals surface area contributed by atoms with Crippen LogP contribution in [-0.2, 0) is 13.1 Å². The number of nitrogens with zero attached hydrogens (tertiary/aromatic N) is 6. The molecule has 1 aliphatic rings. The number of carbonyl (C=O) groups excluding carboxylic acids is 1. The highest BCUT2D eigenvalue weighted by Crippen LogP contribution is 2.27. The van der Waals surface area contributed by atoms with Crippen LogP contribution in [0.3, 0.4) is 0 Å². The van der Waals surface area contributed by atoms with Gasteiger partial charge in [0.05, 0.1) is 12.2 Å². The number of likely N-dealkylation sites (tertiary alicyclic amines) is 1. The van der Waals surface area contributed by atoms with E-state index in [0.717, 1.165) is 50.5 Å². The summed E-state index contributed by atoms with van der Waals surface area (Å²) < 4.78 is 3.96. The van der Waals surface area contributed by atoms with Gasteiger partial charge in [-0.05, 0) is 38.0 Å². The summed E-state index contributed by atoms with van der Waals surface area (Å²) in [4.78, 5) is 23.6. The minimum Gasteiger partial charge on any atom is -0.337 e. The number of pyridine rings is 1. The van der Waals surface area contributed by atoms with Gasteiger partial charge in [-0.1, -0.05) is 6.07 Å². The number of aryl methyl sites for hydroxylation is 1. The van der Waals surface area contributed by atoms with Crippen LogP contribution < -0.4 is 0 Å². The first-order valence-corrected chi connectivity index (χ1v) is 9.48. The van der Waals surface area contributed by atoms with Gasteiger partial charge in [-0.2, -0.15) is 5.10 Å². The molecule has 4 heterocycles. The quantitative estimate of drug-likeness (QED) is 0.698. The highest BCUT2D eigenvalue weighted by atomic mass is 16.2. The molecule has 1 aliphatic heterocycles. The summed E-state index contributed by atoms with van der Waals surface area (Å²) >= 11 is 0. The van der Waals surface area contributed by atoms with E-state index >= 15 is 0 Å². The molecule has 1 amide bonds. The molecule has 0 N–H and O–H groups in total. The van der Waals surface area contributed by atoms with Crippen molar-refractivity contribution in [2.45, 2.75) is 38.8 Å². The Morgan fingerprint density at radius 1 is 1.11 bits per heavy atom. The van der Waals surface area contributed by atoms with Gasteiger partial charge >= 0.3 is 0 Å². The monoisotopic (exact) mass is 364 g/mol. The zero-order valence-electron chi connectivity index (χ0n) is 15.5. The van der Waals surface area contributed by atoms with Gasteiger partial charge in [-0.3, -0.25) is 14.5 Å². The second-order valence-electron chi connectivity index (χ2n) is 6.86. The second-order valence-corrected chi connectivity index (χ2v) is 6.86. The zero-order chi connectivity index (χ0) is 18.6. The van der Waals surface area contributed by atoms with Gasteiger partial charge < -0.3 is 9.47 Å². The number of rotatable bonds is 5. The van der Waals surface area contributed by atoms with Crippen LogP contribution >= 0.6 is 0 Å². The first kappa shape index (κ1) is 17.5. The molecule has 0 spiro atoms. The summed E-state index contributed by atoms with van der Waals surface area (Å²) in [6.07, 6.45) is 9.37. The second kappa shape index (κ2) is 7.73. The van der Waals surface area contributed by atoms with E-state index in [4.69, 9.17) is 0 Å². The molecule has 7 heteroatoms. The first-order chi connectivity index (χ1) is 13.2. The molecule has 27 heavy (non-hydrogen) atoms. The summed E-state index contributed by atoms with van der Waals surface area (Å²) in [5, 5.41) is 4.34. The molecule has 7 nitrogen and oxygen atoms in total. The molecule has 0 saturated carbocycles. The fourth-order valence-corrected chi connectivity index (χ4v) is 3.64. The lowest BCUT2D eigenvalue weighted by Crippen LogP contribution is -2.38. The average Bonchev–Trinajstić information content (AvgIpc) is 3.38. The summed E-state index contributed by atoms with van der Waals surface area (Å²) in [6, 6.07) is 7.76. The van der Waals surface area contributed by atoms with Crippen molar-refractivity contribution in [3.05, 3.63) is 66.3 Å². The summed E-state index contributed by atoms with van der Waals surface area (Å²) in [5.41, 5.74) is 1.56. The van der Waals surface area contributed by atoms with E-state index in [2.05, 4.69) is 19.6 Å².